The molecule has 0 saturated heterocycles. The summed E-state index contributed by atoms with van der Waals surface area (Å²) >= 11 is 0. The molecule has 0 saturated carbocycles. The molecule has 0 bridgehead atoms. The third kappa shape index (κ3) is 4.66. The van der Waals surface area contributed by atoms with Gasteiger partial charge >= 0.3 is 5.97 Å². The lowest BCUT2D eigenvalue weighted by atomic mass is 10.0. The average molecular weight is 279 g/mol. The molecule has 5 heteroatoms. The lowest BCUT2D eigenvalue weighted by molar-refractivity contribution is -0.146. The lowest BCUT2D eigenvalue weighted by Crippen LogP contribution is -2.38. The maximum absolute atomic E-state index is 12.0. The molecule has 0 aromatic heterocycles. The van der Waals surface area contributed by atoms with Crippen molar-refractivity contribution in [1.29, 1.82) is 0 Å². The van der Waals surface area contributed by atoms with Crippen molar-refractivity contribution in [3.05, 3.63) is 35.9 Å². The van der Waals surface area contributed by atoms with Crippen molar-refractivity contribution in [2.45, 2.75) is 31.9 Å². The van der Waals surface area contributed by atoms with Gasteiger partial charge < -0.3 is 14.8 Å². The number of carbonyl (C=O) groups excluding carboxylic acids is 2. The van der Waals surface area contributed by atoms with Crippen LogP contribution in [-0.4, -0.2) is 31.7 Å². The van der Waals surface area contributed by atoms with E-state index in [2.05, 4.69) is 5.32 Å². The number of amides is 1. The van der Waals surface area contributed by atoms with Gasteiger partial charge in [0.15, 0.2) is 6.04 Å². The normalized spacial score (nSPS) is 12.6. The molecule has 1 amide bonds. The summed E-state index contributed by atoms with van der Waals surface area (Å²) in [6.07, 6.45) is 0.157. The second-order valence-corrected chi connectivity index (χ2v) is 5.07. The van der Waals surface area contributed by atoms with Crippen LogP contribution in [0.4, 0.5) is 0 Å². The summed E-state index contributed by atoms with van der Waals surface area (Å²) in [5.41, 5.74) is 0.101. The average Bonchev–Trinajstić information content (AvgIpc) is 2.44. The summed E-state index contributed by atoms with van der Waals surface area (Å²) in [7, 11) is 2.84. The first-order chi connectivity index (χ1) is 9.39. The molecule has 0 aliphatic carbocycles. The molecule has 1 N–H and O–H groups in total. The fourth-order valence-corrected chi connectivity index (χ4v) is 1.71. The van der Waals surface area contributed by atoms with Crippen LogP contribution in [0.5, 0.6) is 0 Å². The summed E-state index contributed by atoms with van der Waals surface area (Å²) in [5.74, 6) is -0.768. The summed E-state index contributed by atoms with van der Waals surface area (Å²) in [4.78, 5) is 23.8. The number of rotatable bonds is 6. The van der Waals surface area contributed by atoms with Crippen molar-refractivity contribution < 1.29 is 19.1 Å². The van der Waals surface area contributed by atoms with Crippen LogP contribution in [-0.2, 0) is 19.1 Å². The van der Waals surface area contributed by atoms with Crippen molar-refractivity contribution in [2.75, 3.05) is 14.2 Å². The van der Waals surface area contributed by atoms with Crippen LogP contribution < -0.4 is 5.32 Å². The van der Waals surface area contributed by atoms with E-state index >= 15 is 0 Å². The maximum Gasteiger partial charge on any atom is 0.333 e. The lowest BCUT2D eigenvalue weighted by Gasteiger charge is -2.24. The quantitative estimate of drug-likeness (QED) is 0.807. The van der Waals surface area contributed by atoms with E-state index in [0.717, 1.165) is 0 Å². The predicted molar refractivity (Wildman–Crippen MR) is 75.0 cm³/mol. The number of ether oxygens (including phenoxy) is 2. The van der Waals surface area contributed by atoms with E-state index in [1.54, 1.807) is 31.4 Å². The van der Waals surface area contributed by atoms with Gasteiger partial charge in [-0.2, -0.15) is 0 Å². The van der Waals surface area contributed by atoms with Gasteiger partial charge in [0.1, 0.15) is 0 Å². The zero-order chi connectivity index (χ0) is 15.2. The van der Waals surface area contributed by atoms with Crippen molar-refractivity contribution >= 4 is 11.9 Å². The number of hydrogen-bond acceptors (Lipinski definition) is 4. The molecular formula is C15H21NO4. The first-order valence-electron chi connectivity index (χ1n) is 6.37. The van der Waals surface area contributed by atoms with Crippen LogP contribution >= 0.6 is 0 Å². The van der Waals surface area contributed by atoms with Gasteiger partial charge in [0.25, 0.3) is 0 Å². The van der Waals surface area contributed by atoms with Crippen LogP contribution in [0.25, 0.3) is 0 Å². The highest BCUT2D eigenvalue weighted by Crippen LogP contribution is 2.17. The second-order valence-electron chi connectivity index (χ2n) is 5.07. The number of methoxy groups -OCH3 is 2. The van der Waals surface area contributed by atoms with Gasteiger partial charge in [0.2, 0.25) is 5.91 Å². The van der Waals surface area contributed by atoms with Gasteiger partial charge in [-0.05, 0) is 19.4 Å². The Morgan fingerprint density at radius 2 is 1.80 bits per heavy atom. The zero-order valence-electron chi connectivity index (χ0n) is 12.3. The molecule has 1 aromatic carbocycles. The third-order valence-electron chi connectivity index (χ3n) is 3.01. The minimum absolute atomic E-state index is 0.157. The van der Waals surface area contributed by atoms with E-state index in [0.29, 0.717) is 5.56 Å². The van der Waals surface area contributed by atoms with E-state index in [1.807, 2.05) is 19.9 Å². The molecule has 20 heavy (non-hydrogen) atoms. The second kappa shape index (κ2) is 7.05. The third-order valence-corrected chi connectivity index (χ3v) is 3.01. The molecule has 0 radical (unpaired) electrons. The number of hydrogen-bond donors (Lipinski definition) is 1. The Balaban J connectivity index is 2.82. The van der Waals surface area contributed by atoms with E-state index in [1.165, 1.54) is 7.11 Å². The fraction of sp³-hybridized carbons (Fsp3) is 0.467. The van der Waals surface area contributed by atoms with Gasteiger partial charge in [0, 0.05) is 7.11 Å². The highest BCUT2D eigenvalue weighted by molar-refractivity contribution is 5.85. The zero-order valence-corrected chi connectivity index (χ0v) is 12.3. The summed E-state index contributed by atoms with van der Waals surface area (Å²) in [6, 6.07) is 8.18. The number of carbonyl (C=O) groups is 2. The topological polar surface area (TPSA) is 64.6 Å². The molecule has 1 rings (SSSR count). The largest absolute Gasteiger partial charge is 0.467 e. The van der Waals surface area contributed by atoms with Crippen molar-refractivity contribution in [3.63, 3.8) is 0 Å². The van der Waals surface area contributed by atoms with Crippen LogP contribution in [0.1, 0.15) is 31.9 Å². The summed E-state index contributed by atoms with van der Waals surface area (Å²) < 4.78 is 9.94. The Hall–Kier alpha value is -1.88. The molecule has 1 unspecified atom stereocenters. The Morgan fingerprint density at radius 3 is 2.30 bits per heavy atom. The van der Waals surface area contributed by atoms with Gasteiger partial charge in [-0.25, -0.2) is 4.79 Å². The molecule has 0 fully saturated rings. The van der Waals surface area contributed by atoms with E-state index < -0.39 is 17.6 Å². The van der Waals surface area contributed by atoms with E-state index in [-0.39, 0.29) is 12.3 Å². The van der Waals surface area contributed by atoms with Crippen LogP contribution in [0.15, 0.2) is 30.3 Å². The number of benzene rings is 1. The van der Waals surface area contributed by atoms with Gasteiger partial charge in [-0.15, -0.1) is 0 Å². The maximum atomic E-state index is 12.0. The minimum atomic E-state index is -0.804. The molecule has 5 nitrogen and oxygen atoms in total. The van der Waals surface area contributed by atoms with E-state index in [4.69, 9.17) is 9.47 Å². The first-order valence-corrected chi connectivity index (χ1v) is 6.37. The molecule has 0 aliphatic heterocycles. The van der Waals surface area contributed by atoms with Crippen molar-refractivity contribution in [2.24, 2.45) is 0 Å². The molecule has 1 aromatic rings. The standard InChI is InChI=1S/C15H21NO4/c1-15(2,20-4)10-12(17)16-13(14(18)19-3)11-8-6-5-7-9-11/h5-9,13H,10H2,1-4H3,(H,16,17). The van der Waals surface area contributed by atoms with Crippen molar-refractivity contribution in [1.82, 2.24) is 5.32 Å². The monoisotopic (exact) mass is 279 g/mol. The SMILES string of the molecule is COC(=O)C(NC(=O)CC(C)(C)OC)c1ccccc1. The predicted octanol–water partition coefficient (Wildman–Crippen LogP) is 1.83. The highest BCUT2D eigenvalue weighted by Gasteiger charge is 2.27. The van der Waals surface area contributed by atoms with Crippen LogP contribution in [0, 0.1) is 0 Å². The van der Waals surface area contributed by atoms with Crippen molar-refractivity contribution in [3.8, 4) is 0 Å². The highest BCUT2D eigenvalue weighted by atomic mass is 16.5. The Kier molecular flexibility index (Phi) is 5.70. The molecule has 0 aliphatic rings. The number of nitrogens with one attached hydrogen (secondary N) is 1. The first kappa shape index (κ1) is 16.2. The fourth-order valence-electron chi connectivity index (χ4n) is 1.71. The molecular weight excluding hydrogens is 258 g/mol. The molecule has 110 valence electrons. The van der Waals surface area contributed by atoms with Gasteiger partial charge in [0.05, 0.1) is 19.1 Å². The van der Waals surface area contributed by atoms with Gasteiger partial charge in [-0.1, -0.05) is 30.3 Å². The van der Waals surface area contributed by atoms with Crippen LogP contribution in [0.3, 0.4) is 0 Å². The Bertz CT molecular complexity index is 456. The smallest absolute Gasteiger partial charge is 0.333 e. The summed E-state index contributed by atoms with van der Waals surface area (Å²) in [5, 5.41) is 2.68. The van der Waals surface area contributed by atoms with E-state index in [9.17, 15) is 9.59 Å². The Labute approximate surface area is 119 Å². The van der Waals surface area contributed by atoms with Crippen LogP contribution in [0.2, 0.25) is 0 Å². The minimum Gasteiger partial charge on any atom is -0.467 e. The number of esters is 1. The summed E-state index contributed by atoms with van der Waals surface area (Å²) in [6.45, 7) is 3.62. The van der Waals surface area contributed by atoms with Gasteiger partial charge in [-0.3, -0.25) is 4.79 Å². The Morgan fingerprint density at radius 1 is 1.20 bits per heavy atom. The molecule has 1 atom stereocenters. The molecule has 0 heterocycles. The molecule has 0 spiro atoms.